The zero-order chi connectivity index (χ0) is 27.2. The van der Waals surface area contributed by atoms with E-state index in [9.17, 15) is 4.79 Å². The van der Waals surface area contributed by atoms with Gasteiger partial charge in [-0.2, -0.15) is 4.68 Å². The molecule has 0 fully saturated rings. The molecule has 39 heavy (non-hydrogen) atoms. The second-order valence-electron chi connectivity index (χ2n) is 8.19. The fraction of sp³-hybridized carbons (Fsp3) is 0.308. The van der Waals surface area contributed by atoms with E-state index >= 15 is 0 Å². The first-order valence-corrected chi connectivity index (χ1v) is 14.3. The van der Waals surface area contributed by atoms with Crippen molar-refractivity contribution >= 4 is 35.0 Å². The normalized spacial score (nSPS) is 14.5. The average molecular weight is 566 g/mol. The van der Waals surface area contributed by atoms with Gasteiger partial charge in [0.15, 0.2) is 15.8 Å². The van der Waals surface area contributed by atoms with Gasteiger partial charge in [-0.1, -0.05) is 64.6 Å². The zero-order valence-corrected chi connectivity index (χ0v) is 23.3. The van der Waals surface area contributed by atoms with Crippen molar-refractivity contribution in [3.63, 3.8) is 0 Å². The number of carbonyl (C=O) groups is 1. The number of hydrogen-bond donors (Lipinski definition) is 1. The molecule has 1 N–H and O–H groups in total. The number of anilines is 1. The van der Waals surface area contributed by atoms with E-state index in [2.05, 4.69) is 31.0 Å². The number of carbonyl (C=O) groups excluding carboxylic acids is 1. The van der Waals surface area contributed by atoms with Gasteiger partial charge >= 0.3 is 5.97 Å². The highest BCUT2D eigenvalue weighted by molar-refractivity contribution is 8.01. The molecule has 0 spiro atoms. The average Bonchev–Trinajstić information content (AvgIpc) is 3.63. The Labute approximate surface area is 233 Å². The van der Waals surface area contributed by atoms with E-state index in [0.717, 1.165) is 20.5 Å². The molecule has 0 radical (unpaired) electrons. The highest BCUT2D eigenvalue weighted by atomic mass is 32.2. The fourth-order valence-electron chi connectivity index (χ4n) is 4.14. The van der Waals surface area contributed by atoms with Gasteiger partial charge < -0.3 is 19.5 Å². The Bertz CT molecular complexity index is 1470. The summed E-state index contributed by atoms with van der Waals surface area (Å²) >= 11 is 2.96. The minimum absolute atomic E-state index is 0.224. The predicted octanol–water partition coefficient (Wildman–Crippen LogP) is 4.61. The van der Waals surface area contributed by atoms with Gasteiger partial charge in [-0.3, -0.25) is 0 Å². The standard InChI is InChI=1S/C26H27N7O4S2/c1-4-35-19-13-12-17(14-20(19)36-5-2)22-21(24(34)37-6-3)18(27-25-29-31-32-33(22)25)15-38-26-30-28-23(39-26)16-10-8-7-9-11-16/h7-14,22H,4-6,15H2,1-3H3,(H,27,29,32). The Morgan fingerprint density at radius 1 is 1.00 bits per heavy atom. The zero-order valence-electron chi connectivity index (χ0n) is 21.7. The van der Waals surface area contributed by atoms with Crippen molar-refractivity contribution < 1.29 is 19.0 Å². The summed E-state index contributed by atoms with van der Waals surface area (Å²) in [5.41, 5.74) is 2.80. The largest absolute Gasteiger partial charge is 0.490 e. The Balaban J connectivity index is 1.52. The van der Waals surface area contributed by atoms with Gasteiger partial charge in [0.25, 0.3) is 0 Å². The number of thioether (sulfide) groups is 1. The van der Waals surface area contributed by atoms with E-state index in [1.807, 2.05) is 62.4 Å². The molecule has 202 valence electrons. The maximum absolute atomic E-state index is 13.4. The van der Waals surface area contributed by atoms with Crippen LogP contribution in [0.4, 0.5) is 5.95 Å². The van der Waals surface area contributed by atoms with Crippen LogP contribution in [0.25, 0.3) is 10.6 Å². The number of fused-ring (bicyclic) bond motifs is 1. The molecule has 3 heterocycles. The molecular formula is C26H27N7O4S2. The van der Waals surface area contributed by atoms with E-state index in [0.29, 0.717) is 47.7 Å². The third-order valence-corrected chi connectivity index (χ3v) is 7.88. The topological polar surface area (TPSA) is 126 Å². The van der Waals surface area contributed by atoms with Gasteiger partial charge in [0, 0.05) is 17.0 Å². The van der Waals surface area contributed by atoms with Gasteiger partial charge in [-0.05, 0) is 48.9 Å². The Morgan fingerprint density at radius 2 is 1.79 bits per heavy atom. The summed E-state index contributed by atoms with van der Waals surface area (Å²) < 4.78 is 19.4. The second-order valence-corrected chi connectivity index (χ2v) is 10.4. The van der Waals surface area contributed by atoms with Gasteiger partial charge in [0.1, 0.15) is 11.0 Å². The number of nitrogens with zero attached hydrogens (tertiary/aromatic N) is 6. The number of hydrogen-bond acceptors (Lipinski definition) is 12. The molecular weight excluding hydrogens is 538 g/mol. The molecule has 2 aromatic carbocycles. The first-order chi connectivity index (χ1) is 19.1. The van der Waals surface area contributed by atoms with Crippen LogP contribution in [0.3, 0.4) is 0 Å². The van der Waals surface area contributed by atoms with Gasteiger partial charge in [0.2, 0.25) is 5.95 Å². The third kappa shape index (κ3) is 5.73. The number of nitrogens with one attached hydrogen (secondary N) is 1. The number of rotatable bonds is 11. The van der Waals surface area contributed by atoms with Gasteiger partial charge in [0.05, 0.1) is 25.4 Å². The molecule has 1 aliphatic heterocycles. The molecule has 0 saturated carbocycles. The smallest absolute Gasteiger partial charge is 0.338 e. The van der Waals surface area contributed by atoms with E-state index in [-0.39, 0.29) is 6.61 Å². The van der Waals surface area contributed by atoms with Crippen LogP contribution in [0.15, 0.2) is 64.1 Å². The SMILES string of the molecule is CCOC(=O)C1=C(CSc2nnc(-c3ccccc3)s2)Nc2nnnn2C1c1ccc(OCC)c(OCC)c1. The Hall–Kier alpha value is -3.97. The molecule has 0 saturated heterocycles. The maximum atomic E-state index is 13.4. The molecule has 5 rings (SSSR count). The summed E-state index contributed by atoms with van der Waals surface area (Å²) in [5, 5.41) is 24.9. The summed E-state index contributed by atoms with van der Waals surface area (Å²) in [4.78, 5) is 13.4. The van der Waals surface area contributed by atoms with Crippen LogP contribution in [0.5, 0.6) is 11.5 Å². The van der Waals surface area contributed by atoms with Crippen LogP contribution >= 0.6 is 23.1 Å². The van der Waals surface area contributed by atoms with Crippen molar-refractivity contribution in [3.8, 4) is 22.1 Å². The van der Waals surface area contributed by atoms with Crippen LogP contribution in [0.1, 0.15) is 32.4 Å². The number of tetrazole rings is 1. The van der Waals surface area contributed by atoms with Crippen LogP contribution in [0, 0.1) is 0 Å². The predicted molar refractivity (Wildman–Crippen MR) is 148 cm³/mol. The summed E-state index contributed by atoms with van der Waals surface area (Å²) in [6, 6.07) is 14.8. The third-order valence-electron chi connectivity index (χ3n) is 5.74. The lowest BCUT2D eigenvalue weighted by Crippen LogP contribution is -2.31. The van der Waals surface area contributed by atoms with Gasteiger partial charge in [-0.15, -0.1) is 10.2 Å². The fourth-order valence-corrected chi connectivity index (χ4v) is 5.97. The van der Waals surface area contributed by atoms with E-state index < -0.39 is 12.0 Å². The Kier molecular flexibility index (Phi) is 8.37. The molecule has 13 heteroatoms. The van der Waals surface area contributed by atoms with Crippen molar-refractivity contribution in [2.24, 2.45) is 0 Å². The number of benzene rings is 2. The summed E-state index contributed by atoms with van der Waals surface area (Å²) in [6.07, 6.45) is 0. The molecule has 11 nitrogen and oxygen atoms in total. The molecule has 0 aliphatic carbocycles. The van der Waals surface area contributed by atoms with Crippen molar-refractivity contribution in [1.29, 1.82) is 0 Å². The molecule has 1 atom stereocenters. The quantitative estimate of drug-likeness (QED) is 0.202. The molecule has 0 bridgehead atoms. The summed E-state index contributed by atoms with van der Waals surface area (Å²) in [6.45, 7) is 6.77. The van der Waals surface area contributed by atoms with Crippen LogP contribution < -0.4 is 14.8 Å². The highest BCUT2D eigenvalue weighted by Gasteiger charge is 2.36. The first kappa shape index (κ1) is 26.6. The van der Waals surface area contributed by atoms with Crippen LogP contribution in [0.2, 0.25) is 0 Å². The molecule has 1 aliphatic rings. The molecule has 2 aromatic heterocycles. The first-order valence-electron chi connectivity index (χ1n) is 12.5. The number of aromatic nitrogens is 6. The molecule has 0 amide bonds. The van der Waals surface area contributed by atoms with E-state index in [4.69, 9.17) is 14.2 Å². The van der Waals surface area contributed by atoms with Crippen molar-refractivity contribution in [2.45, 2.75) is 31.2 Å². The second kappa shape index (κ2) is 12.3. The van der Waals surface area contributed by atoms with Crippen molar-refractivity contribution in [3.05, 3.63) is 65.4 Å². The molecule has 4 aromatic rings. The summed E-state index contributed by atoms with van der Waals surface area (Å²) in [7, 11) is 0. The lowest BCUT2D eigenvalue weighted by Gasteiger charge is -2.29. The number of ether oxygens (including phenoxy) is 3. The van der Waals surface area contributed by atoms with Crippen LogP contribution in [-0.2, 0) is 9.53 Å². The van der Waals surface area contributed by atoms with Crippen molar-refractivity contribution in [2.75, 3.05) is 30.9 Å². The van der Waals surface area contributed by atoms with E-state index in [1.54, 1.807) is 11.6 Å². The maximum Gasteiger partial charge on any atom is 0.338 e. The Morgan fingerprint density at radius 3 is 2.56 bits per heavy atom. The minimum Gasteiger partial charge on any atom is -0.490 e. The lowest BCUT2D eigenvalue weighted by atomic mass is 9.95. The summed E-state index contributed by atoms with van der Waals surface area (Å²) in [5.74, 6) is 1.55. The van der Waals surface area contributed by atoms with Crippen molar-refractivity contribution in [1.82, 2.24) is 30.4 Å². The highest BCUT2D eigenvalue weighted by Crippen LogP contribution is 2.40. The van der Waals surface area contributed by atoms with Gasteiger partial charge in [-0.25, -0.2) is 4.79 Å². The lowest BCUT2D eigenvalue weighted by molar-refractivity contribution is -0.139. The van der Waals surface area contributed by atoms with Crippen LogP contribution in [-0.4, -0.2) is 61.9 Å². The number of esters is 1. The van der Waals surface area contributed by atoms with E-state index in [1.165, 1.54) is 23.1 Å². The monoisotopic (exact) mass is 565 g/mol. The minimum atomic E-state index is -0.643. The molecule has 1 unspecified atom stereocenters.